The third-order valence-corrected chi connectivity index (χ3v) is 3.64. The molecule has 0 aromatic heterocycles. The topological polar surface area (TPSA) is 75.4 Å². The average molecular weight is 292 g/mol. The minimum absolute atomic E-state index is 0.00894. The molecule has 0 spiro atoms. The molecule has 1 aromatic rings. The molecule has 1 amide bonds. The zero-order chi connectivity index (χ0) is 15.7. The van der Waals surface area contributed by atoms with Crippen LogP contribution in [-0.2, 0) is 11.2 Å². The summed E-state index contributed by atoms with van der Waals surface area (Å²) in [4.78, 5) is 12.1. The van der Waals surface area contributed by atoms with Gasteiger partial charge in [0.2, 0.25) is 5.91 Å². The van der Waals surface area contributed by atoms with Crippen molar-refractivity contribution in [2.45, 2.75) is 51.6 Å². The summed E-state index contributed by atoms with van der Waals surface area (Å²) in [5.41, 5.74) is 6.82. The first kappa shape index (κ1) is 17.7. The smallest absolute Gasteiger partial charge is 0.223 e. The van der Waals surface area contributed by atoms with Crippen molar-refractivity contribution >= 4 is 5.91 Å². The molecular weight excluding hydrogens is 264 g/mol. The molecule has 4 nitrogen and oxygen atoms in total. The number of amides is 1. The van der Waals surface area contributed by atoms with Crippen LogP contribution >= 0.6 is 0 Å². The maximum absolute atomic E-state index is 12.1. The van der Waals surface area contributed by atoms with E-state index >= 15 is 0 Å². The Morgan fingerprint density at radius 2 is 1.90 bits per heavy atom. The number of nitrogens with one attached hydrogen (secondary N) is 1. The Morgan fingerprint density at radius 3 is 2.48 bits per heavy atom. The van der Waals surface area contributed by atoms with Gasteiger partial charge >= 0.3 is 0 Å². The van der Waals surface area contributed by atoms with E-state index in [1.807, 2.05) is 44.2 Å². The van der Waals surface area contributed by atoms with E-state index in [1.54, 1.807) is 0 Å². The van der Waals surface area contributed by atoms with E-state index < -0.39 is 0 Å². The summed E-state index contributed by atoms with van der Waals surface area (Å²) in [6, 6.07) is 9.84. The van der Waals surface area contributed by atoms with Crippen LogP contribution in [0.1, 0.15) is 38.7 Å². The molecule has 3 atom stereocenters. The molecular formula is C17H28N2O2. The van der Waals surface area contributed by atoms with Crippen LogP contribution in [0.2, 0.25) is 0 Å². The Balaban J connectivity index is 2.39. The second-order valence-electron chi connectivity index (χ2n) is 5.89. The summed E-state index contributed by atoms with van der Waals surface area (Å²) >= 11 is 0. The summed E-state index contributed by atoms with van der Waals surface area (Å²) in [5, 5.41) is 12.4. The van der Waals surface area contributed by atoms with Gasteiger partial charge in [0.15, 0.2) is 0 Å². The number of nitrogens with two attached hydrogens (primary N) is 1. The maximum Gasteiger partial charge on any atom is 0.223 e. The molecule has 0 bridgehead atoms. The van der Waals surface area contributed by atoms with Crippen LogP contribution in [0.3, 0.4) is 0 Å². The highest BCUT2D eigenvalue weighted by atomic mass is 16.3. The first-order chi connectivity index (χ1) is 10.0. The standard InChI is InChI=1S/C17H28N2O2/c1-13(7-6-8-14(2)18)17(21)19-16(12-20)11-15-9-4-3-5-10-15/h3-5,9-10,13-14,16,20H,6-8,11-12,18H2,1-2H3,(H,19,21)/t13?,14?,16-/m0/s1. The molecule has 4 N–H and O–H groups in total. The molecule has 0 aliphatic carbocycles. The first-order valence-corrected chi connectivity index (χ1v) is 7.73. The normalized spacial score (nSPS) is 15.2. The Bertz CT molecular complexity index is 407. The van der Waals surface area contributed by atoms with Crippen LogP contribution in [-0.4, -0.2) is 29.7 Å². The van der Waals surface area contributed by atoms with Gasteiger partial charge in [-0.1, -0.05) is 43.7 Å². The second-order valence-corrected chi connectivity index (χ2v) is 5.89. The van der Waals surface area contributed by atoms with Gasteiger partial charge in [-0.2, -0.15) is 0 Å². The van der Waals surface area contributed by atoms with E-state index in [1.165, 1.54) is 0 Å². The molecule has 1 aromatic carbocycles. The fourth-order valence-corrected chi connectivity index (χ4v) is 2.28. The zero-order valence-electron chi connectivity index (χ0n) is 13.1. The first-order valence-electron chi connectivity index (χ1n) is 7.73. The largest absolute Gasteiger partial charge is 0.394 e. The number of carbonyl (C=O) groups excluding carboxylic acids is 1. The van der Waals surface area contributed by atoms with Gasteiger partial charge in [-0.3, -0.25) is 4.79 Å². The van der Waals surface area contributed by atoms with Gasteiger partial charge in [0.25, 0.3) is 0 Å². The van der Waals surface area contributed by atoms with E-state index in [0.29, 0.717) is 6.42 Å². The van der Waals surface area contributed by atoms with Crippen LogP contribution in [0.25, 0.3) is 0 Å². The highest BCUT2D eigenvalue weighted by molar-refractivity contribution is 5.78. The van der Waals surface area contributed by atoms with Gasteiger partial charge in [-0.25, -0.2) is 0 Å². The SMILES string of the molecule is CC(N)CCCC(C)C(=O)N[C@H](CO)Cc1ccccc1. The lowest BCUT2D eigenvalue weighted by molar-refractivity contribution is -0.125. The van der Waals surface area contributed by atoms with Gasteiger partial charge in [0.1, 0.15) is 0 Å². The summed E-state index contributed by atoms with van der Waals surface area (Å²) in [6.07, 6.45) is 3.37. The van der Waals surface area contributed by atoms with E-state index in [9.17, 15) is 9.90 Å². The molecule has 1 rings (SSSR count). The minimum Gasteiger partial charge on any atom is -0.394 e. The lowest BCUT2D eigenvalue weighted by atomic mass is 10.00. The van der Waals surface area contributed by atoms with Gasteiger partial charge in [0, 0.05) is 12.0 Å². The lowest BCUT2D eigenvalue weighted by Gasteiger charge is -2.19. The van der Waals surface area contributed by atoms with E-state index in [2.05, 4.69) is 5.32 Å². The van der Waals surface area contributed by atoms with Crippen LogP contribution < -0.4 is 11.1 Å². The van der Waals surface area contributed by atoms with Gasteiger partial charge in [0.05, 0.1) is 12.6 Å². The maximum atomic E-state index is 12.1. The summed E-state index contributed by atoms with van der Waals surface area (Å²) in [6.45, 7) is 3.85. The molecule has 118 valence electrons. The van der Waals surface area contributed by atoms with Crippen molar-refractivity contribution in [2.75, 3.05) is 6.61 Å². The molecule has 0 aliphatic heterocycles. The van der Waals surface area contributed by atoms with Gasteiger partial charge < -0.3 is 16.2 Å². The second kappa shape index (κ2) is 9.53. The van der Waals surface area contributed by atoms with Crippen molar-refractivity contribution in [3.63, 3.8) is 0 Å². The predicted molar refractivity (Wildman–Crippen MR) is 85.8 cm³/mol. The fourth-order valence-electron chi connectivity index (χ4n) is 2.28. The Hall–Kier alpha value is -1.39. The highest BCUT2D eigenvalue weighted by Gasteiger charge is 2.17. The number of benzene rings is 1. The van der Waals surface area contributed by atoms with Crippen molar-refractivity contribution < 1.29 is 9.90 Å². The molecule has 0 aliphatic rings. The molecule has 0 saturated heterocycles. The molecule has 0 saturated carbocycles. The van der Waals surface area contributed by atoms with E-state index in [4.69, 9.17) is 5.73 Å². The summed E-state index contributed by atoms with van der Waals surface area (Å²) in [5.74, 6) is -0.0387. The highest BCUT2D eigenvalue weighted by Crippen LogP contribution is 2.10. The van der Waals surface area contributed by atoms with Crippen LogP contribution in [0.5, 0.6) is 0 Å². The number of rotatable bonds is 9. The van der Waals surface area contributed by atoms with Gasteiger partial charge in [-0.15, -0.1) is 0 Å². The molecule has 4 heteroatoms. The number of carbonyl (C=O) groups is 1. The minimum atomic E-state index is -0.226. The summed E-state index contributed by atoms with van der Waals surface area (Å²) < 4.78 is 0. The Kier molecular flexibility index (Phi) is 8.01. The molecule has 2 unspecified atom stereocenters. The van der Waals surface area contributed by atoms with Crippen molar-refractivity contribution in [2.24, 2.45) is 11.7 Å². The summed E-state index contributed by atoms with van der Waals surface area (Å²) in [7, 11) is 0. The van der Waals surface area contributed by atoms with Gasteiger partial charge in [-0.05, 0) is 31.7 Å². The van der Waals surface area contributed by atoms with Crippen molar-refractivity contribution in [3.8, 4) is 0 Å². The van der Waals surface area contributed by atoms with Crippen molar-refractivity contribution in [1.82, 2.24) is 5.32 Å². The Labute approximate surface area is 127 Å². The number of hydrogen-bond donors (Lipinski definition) is 3. The van der Waals surface area contributed by atoms with E-state index in [0.717, 1.165) is 24.8 Å². The van der Waals surface area contributed by atoms with Crippen molar-refractivity contribution in [1.29, 1.82) is 0 Å². The number of aliphatic hydroxyl groups is 1. The fraction of sp³-hybridized carbons (Fsp3) is 0.588. The zero-order valence-corrected chi connectivity index (χ0v) is 13.1. The monoisotopic (exact) mass is 292 g/mol. The molecule has 0 radical (unpaired) electrons. The number of hydrogen-bond acceptors (Lipinski definition) is 3. The third-order valence-electron chi connectivity index (χ3n) is 3.64. The van der Waals surface area contributed by atoms with E-state index in [-0.39, 0.29) is 30.5 Å². The van der Waals surface area contributed by atoms with Crippen LogP contribution in [0, 0.1) is 5.92 Å². The van der Waals surface area contributed by atoms with Crippen molar-refractivity contribution in [3.05, 3.63) is 35.9 Å². The molecule has 21 heavy (non-hydrogen) atoms. The van der Waals surface area contributed by atoms with Crippen LogP contribution in [0.15, 0.2) is 30.3 Å². The Morgan fingerprint density at radius 1 is 1.24 bits per heavy atom. The third kappa shape index (κ3) is 7.25. The van der Waals surface area contributed by atoms with Crippen LogP contribution in [0.4, 0.5) is 0 Å². The number of aliphatic hydroxyl groups excluding tert-OH is 1. The lowest BCUT2D eigenvalue weighted by Crippen LogP contribution is -2.41. The predicted octanol–water partition coefficient (Wildman–Crippen LogP) is 1.86. The average Bonchev–Trinajstić information content (AvgIpc) is 2.47. The quantitative estimate of drug-likeness (QED) is 0.650. The molecule has 0 fully saturated rings. The molecule has 0 heterocycles.